The van der Waals surface area contributed by atoms with Crippen LogP contribution in [0.15, 0.2) is 78.5 Å². The van der Waals surface area contributed by atoms with Crippen molar-refractivity contribution in [3.8, 4) is 5.75 Å². The highest BCUT2D eigenvalue weighted by atomic mass is 16.5. The minimum absolute atomic E-state index is 0.270. The number of aryl methyl sites for hydroxylation is 2. The molecule has 0 unspecified atom stereocenters. The number of ether oxygens (including phenoxy) is 1. The number of carbonyl (C=O) groups excluding carboxylic acids is 2. The van der Waals surface area contributed by atoms with Crippen LogP contribution in [0.25, 0.3) is 5.57 Å². The molecule has 1 aliphatic rings. The van der Waals surface area contributed by atoms with Gasteiger partial charge < -0.3 is 10.1 Å². The summed E-state index contributed by atoms with van der Waals surface area (Å²) in [7, 11) is 0. The fourth-order valence-corrected chi connectivity index (χ4v) is 3.61. The lowest BCUT2D eigenvalue weighted by Crippen LogP contribution is -2.32. The molecular formula is C26H24N2O3. The van der Waals surface area contributed by atoms with E-state index in [1.54, 1.807) is 12.1 Å². The number of anilines is 2. The SMILES string of the molecule is CCOc1ccc(C2=C(Nc3cc(C)ccc3C)C(=O)N(c3ccccc3)C2=O)cc1. The van der Waals surface area contributed by atoms with Crippen LogP contribution < -0.4 is 15.0 Å². The average Bonchev–Trinajstić information content (AvgIpc) is 3.01. The summed E-state index contributed by atoms with van der Waals surface area (Å²) in [5.74, 6) is -0.0123. The largest absolute Gasteiger partial charge is 0.494 e. The van der Waals surface area contributed by atoms with E-state index in [0.717, 1.165) is 16.8 Å². The van der Waals surface area contributed by atoms with Gasteiger partial charge in [-0.15, -0.1) is 0 Å². The van der Waals surface area contributed by atoms with Crippen LogP contribution in [-0.4, -0.2) is 18.4 Å². The molecule has 5 nitrogen and oxygen atoms in total. The van der Waals surface area contributed by atoms with Crippen LogP contribution in [0.3, 0.4) is 0 Å². The van der Waals surface area contributed by atoms with E-state index < -0.39 is 0 Å². The maximum absolute atomic E-state index is 13.5. The lowest BCUT2D eigenvalue weighted by Gasteiger charge is -2.15. The molecule has 0 aromatic heterocycles. The zero-order valence-electron chi connectivity index (χ0n) is 17.8. The number of benzene rings is 3. The quantitative estimate of drug-likeness (QED) is 0.573. The molecule has 156 valence electrons. The first-order valence-electron chi connectivity index (χ1n) is 10.2. The predicted octanol–water partition coefficient (Wildman–Crippen LogP) is 5.10. The Kier molecular flexibility index (Phi) is 5.58. The van der Waals surface area contributed by atoms with Crippen molar-refractivity contribution in [2.75, 3.05) is 16.8 Å². The Morgan fingerprint density at radius 1 is 0.871 bits per heavy atom. The van der Waals surface area contributed by atoms with Crippen molar-refractivity contribution >= 4 is 28.8 Å². The number of hydrogen-bond donors (Lipinski definition) is 1. The van der Waals surface area contributed by atoms with Crippen molar-refractivity contribution in [2.45, 2.75) is 20.8 Å². The normalized spacial score (nSPS) is 13.7. The highest BCUT2D eigenvalue weighted by Gasteiger charge is 2.40. The molecule has 0 fully saturated rings. The second-order valence-electron chi connectivity index (χ2n) is 7.43. The van der Waals surface area contributed by atoms with Crippen LogP contribution in [0.5, 0.6) is 5.75 Å². The van der Waals surface area contributed by atoms with Gasteiger partial charge in [0.25, 0.3) is 11.8 Å². The molecule has 0 saturated carbocycles. The molecule has 2 amide bonds. The van der Waals surface area contributed by atoms with E-state index in [2.05, 4.69) is 5.32 Å². The summed E-state index contributed by atoms with van der Waals surface area (Å²) in [5.41, 5.74) is 4.67. The van der Waals surface area contributed by atoms with Crippen LogP contribution in [0.4, 0.5) is 11.4 Å². The summed E-state index contributed by atoms with van der Waals surface area (Å²) in [6, 6.07) is 22.2. The van der Waals surface area contributed by atoms with Gasteiger partial charge in [0.15, 0.2) is 0 Å². The van der Waals surface area contributed by atoms with Crippen molar-refractivity contribution in [3.05, 3.63) is 95.2 Å². The molecule has 0 atom stereocenters. The van der Waals surface area contributed by atoms with Crippen molar-refractivity contribution in [1.29, 1.82) is 0 Å². The molecule has 31 heavy (non-hydrogen) atoms. The second kappa shape index (κ2) is 8.48. The summed E-state index contributed by atoms with van der Waals surface area (Å²) < 4.78 is 5.52. The fourth-order valence-electron chi connectivity index (χ4n) is 3.61. The highest BCUT2D eigenvalue weighted by Crippen LogP contribution is 2.34. The van der Waals surface area contributed by atoms with Gasteiger partial charge in [-0.1, -0.05) is 42.5 Å². The van der Waals surface area contributed by atoms with Gasteiger partial charge in [-0.25, -0.2) is 4.90 Å². The number of amides is 2. The minimum atomic E-state index is -0.374. The Bertz CT molecular complexity index is 1170. The van der Waals surface area contributed by atoms with Gasteiger partial charge in [0.05, 0.1) is 17.9 Å². The molecule has 0 aliphatic carbocycles. The summed E-state index contributed by atoms with van der Waals surface area (Å²) >= 11 is 0. The van der Waals surface area contributed by atoms with E-state index in [-0.39, 0.29) is 17.5 Å². The second-order valence-corrected chi connectivity index (χ2v) is 7.43. The Morgan fingerprint density at radius 3 is 2.26 bits per heavy atom. The van der Waals surface area contributed by atoms with Gasteiger partial charge in [-0.2, -0.15) is 0 Å². The first-order valence-corrected chi connectivity index (χ1v) is 10.2. The number of nitrogens with one attached hydrogen (secondary N) is 1. The van der Waals surface area contributed by atoms with E-state index in [9.17, 15) is 9.59 Å². The standard InChI is InChI=1S/C26H24N2O3/c1-4-31-21-14-12-19(13-15-21)23-24(27-22-16-17(2)10-11-18(22)3)26(30)28(25(23)29)20-8-6-5-7-9-20/h5-16,27H,4H2,1-3H3. The van der Waals surface area contributed by atoms with Crippen molar-refractivity contribution in [2.24, 2.45) is 0 Å². The average molecular weight is 412 g/mol. The first-order chi connectivity index (χ1) is 15.0. The molecular weight excluding hydrogens is 388 g/mol. The smallest absolute Gasteiger partial charge is 0.282 e. The van der Waals surface area contributed by atoms with Crippen LogP contribution in [0.2, 0.25) is 0 Å². The topological polar surface area (TPSA) is 58.6 Å². The molecule has 0 saturated heterocycles. The number of hydrogen-bond acceptors (Lipinski definition) is 4. The fraction of sp³-hybridized carbons (Fsp3) is 0.154. The third-order valence-corrected chi connectivity index (χ3v) is 5.21. The van der Waals surface area contributed by atoms with Gasteiger partial charge in [-0.3, -0.25) is 9.59 Å². The molecule has 1 aliphatic heterocycles. The Hall–Kier alpha value is -3.86. The van der Waals surface area contributed by atoms with E-state index in [1.165, 1.54) is 4.90 Å². The van der Waals surface area contributed by atoms with Crippen molar-refractivity contribution < 1.29 is 14.3 Å². The molecule has 1 heterocycles. The zero-order valence-corrected chi connectivity index (χ0v) is 17.8. The van der Waals surface area contributed by atoms with E-state index >= 15 is 0 Å². The number of para-hydroxylation sites is 1. The van der Waals surface area contributed by atoms with E-state index in [0.29, 0.717) is 29.2 Å². The summed E-state index contributed by atoms with van der Waals surface area (Å²) in [4.78, 5) is 28.1. The zero-order chi connectivity index (χ0) is 22.0. The molecule has 0 spiro atoms. The lowest BCUT2D eigenvalue weighted by molar-refractivity contribution is -0.120. The van der Waals surface area contributed by atoms with Gasteiger partial charge in [0, 0.05) is 5.69 Å². The van der Waals surface area contributed by atoms with Gasteiger partial charge >= 0.3 is 0 Å². The van der Waals surface area contributed by atoms with Gasteiger partial charge in [0.1, 0.15) is 11.4 Å². The summed E-state index contributed by atoms with van der Waals surface area (Å²) in [6.45, 7) is 6.43. The number of nitrogens with zero attached hydrogens (tertiary/aromatic N) is 1. The molecule has 0 radical (unpaired) electrons. The Balaban J connectivity index is 1.82. The van der Waals surface area contributed by atoms with Crippen LogP contribution in [-0.2, 0) is 9.59 Å². The molecule has 4 rings (SSSR count). The first kappa shape index (κ1) is 20.4. The van der Waals surface area contributed by atoms with Crippen LogP contribution >= 0.6 is 0 Å². The Labute approximate surface area is 182 Å². The molecule has 5 heteroatoms. The van der Waals surface area contributed by atoms with Crippen molar-refractivity contribution in [1.82, 2.24) is 0 Å². The predicted molar refractivity (Wildman–Crippen MR) is 123 cm³/mol. The number of carbonyl (C=O) groups is 2. The number of imide groups is 1. The van der Waals surface area contributed by atoms with Crippen LogP contribution in [0, 0.1) is 13.8 Å². The summed E-state index contributed by atoms with van der Waals surface area (Å²) in [5, 5.41) is 3.25. The maximum atomic E-state index is 13.5. The van der Waals surface area contributed by atoms with E-state index in [1.807, 2.05) is 81.4 Å². The van der Waals surface area contributed by atoms with Crippen molar-refractivity contribution in [3.63, 3.8) is 0 Å². The third-order valence-electron chi connectivity index (χ3n) is 5.21. The van der Waals surface area contributed by atoms with E-state index in [4.69, 9.17) is 4.74 Å². The lowest BCUT2D eigenvalue weighted by atomic mass is 10.0. The molecule has 1 N–H and O–H groups in total. The third kappa shape index (κ3) is 3.94. The molecule has 3 aromatic rings. The highest BCUT2D eigenvalue weighted by molar-refractivity contribution is 6.46. The van der Waals surface area contributed by atoms with Crippen LogP contribution in [0.1, 0.15) is 23.6 Å². The minimum Gasteiger partial charge on any atom is -0.494 e. The summed E-state index contributed by atoms with van der Waals surface area (Å²) in [6.07, 6.45) is 0. The monoisotopic (exact) mass is 412 g/mol. The molecule has 0 bridgehead atoms. The molecule has 3 aromatic carbocycles. The Morgan fingerprint density at radius 2 is 1.58 bits per heavy atom. The number of rotatable bonds is 6. The maximum Gasteiger partial charge on any atom is 0.282 e. The van der Waals surface area contributed by atoms with Gasteiger partial charge in [-0.05, 0) is 67.8 Å². The van der Waals surface area contributed by atoms with Gasteiger partial charge in [0.2, 0.25) is 0 Å².